The van der Waals surface area contributed by atoms with Crippen molar-refractivity contribution in [3.8, 4) is 0 Å². The summed E-state index contributed by atoms with van der Waals surface area (Å²) in [4.78, 5) is 0. The van der Waals surface area contributed by atoms with Crippen LogP contribution in [0.5, 0.6) is 0 Å². The average Bonchev–Trinajstić information content (AvgIpc) is 2.43. The average molecular weight is 300 g/mol. The summed E-state index contributed by atoms with van der Waals surface area (Å²) in [7, 11) is 1.63. The number of nitrogens with one attached hydrogen (secondary N) is 1. The van der Waals surface area contributed by atoms with Crippen LogP contribution in [0.25, 0.3) is 0 Å². The lowest BCUT2D eigenvalue weighted by molar-refractivity contribution is 0.428. The van der Waals surface area contributed by atoms with Crippen molar-refractivity contribution in [2.45, 2.75) is 12.5 Å². The molecule has 0 spiro atoms. The van der Waals surface area contributed by atoms with Gasteiger partial charge in [-0.1, -0.05) is 29.8 Å². The third-order valence-electron chi connectivity index (χ3n) is 3.12. The molecule has 1 atom stereocenters. The van der Waals surface area contributed by atoms with Gasteiger partial charge in [-0.15, -0.1) is 0 Å². The molecule has 1 N–H and O–H groups in total. The lowest BCUT2D eigenvalue weighted by atomic mass is 9.98. The van der Waals surface area contributed by atoms with Crippen molar-refractivity contribution in [1.82, 2.24) is 5.32 Å². The normalized spacial score (nSPS) is 12.4. The van der Waals surface area contributed by atoms with Crippen LogP contribution in [0, 0.1) is 17.5 Å². The molecule has 0 aromatic heterocycles. The van der Waals surface area contributed by atoms with Crippen LogP contribution in [0.3, 0.4) is 0 Å². The van der Waals surface area contributed by atoms with Crippen LogP contribution in [-0.2, 0) is 6.42 Å². The van der Waals surface area contributed by atoms with E-state index in [4.69, 9.17) is 11.6 Å². The molecule has 0 saturated carbocycles. The van der Waals surface area contributed by atoms with Gasteiger partial charge in [0.1, 0.15) is 0 Å². The smallest absolute Gasteiger partial charge is 0.194 e. The molecule has 106 valence electrons. The monoisotopic (exact) mass is 299 g/mol. The van der Waals surface area contributed by atoms with Crippen LogP contribution in [-0.4, -0.2) is 7.05 Å². The molecule has 0 amide bonds. The molecule has 0 fully saturated rings. The molecule has 2 aromatic carbocycles. The first kappa shape index (κ1) is 14.9. The first-order chi connectivity index (χ1) is 9.52. The van der Waals surface area contributed by atoms with E-state index in [0.29, 0.717) is 11.4 Å². The third-order valence-corrected chi connectivity index (χ3v) is 3.35. The van der Waals surface area contributed by atoms with Gasteiger partial charge in [-0.3, -0.25) is 0 Å². The lowest BCUT2D eigenvalue weighted by Gasteiger charge is -2.18. The summed E-state index contributed by atoms with van der Waals surface area (Å²) in [6, 6.07) is 8.82. The zero-order valence-electron chi connectivity index (χ0n) is 10.8. The van der Waals surface area contributed by atoms with E-state index < -0.39 is 23.5 Å². The van der Waals surface area contributed by atoms with Gasteiger partial charge in [-0.25, -0.2) is 13.2 Å². The summed E-state index contributed by atoms with van der Waals surface area (Å²) >= 11 is 5.89. The van der Waals surface area contributed by atoms with E-state index in [-0.39, 0.29) is 5.56 Å². The second-order valence-electron chi connectivity index (χ2n) is 4.44. The van der Waals surface area contributed by atoms with Crippen LogP contribution in [0.4, 0.5) is 13.2 Å². The predicted molar refractivity (Wildman–Crippen MR) is 73.3 cm³/mol. The maximum Gasteiger partial charge on any atom is 0.194 e. The van der Waals surface area contributed by atoms with Gasteiger partial charge >= 0.3 is 0 Å². The fraction of sp³-hybridized carbons (Fsp3) is 0.200. The molecule has 1 unspecified atom stereocenters. The van der Waals surface area contributed by atoms with E-state index in [9.17, 15) is 13.2 Å². The Balaban J connectivity index is 2.31. The fourth-order valence-electron chi connectivity index (χ4n) is 2.08. The summed E-state index contributed by atoms with van der Waals surface area (Å²) in [6.45, 7) is 0. The first-order valence-corrected chi connectivity index (χ1v) is 6.46. The highest BCUT2D eigenvalue weighted by Crippen LogP contribution is 2.25. The predicted octanol–water partition coefficient (Wildman–Crippen LogP) is 4.26. The standard InChI is InChI=1S/C15H13ClF3N/c1-20-13(8-9-3-2-4-10(16)7-9)11-5-6-12(17)15(19)14(11)18/h2-7,13,20H,8H2,1H3. The second kappa shape index (κ2) is 6.29. The number of halogens is 4. The van der Waals surface area contributed by atoms with Gasteiger partial charge in [0.2, 0.25) is 0 Å². The van der Waals surface area contributed by atoms with Crippen molar-refractivity contribution in [2.75, 3.05) is 7.05 Å². The quantitative estimate of drug-likeness (QED) is 0.832. The Morgan fingerprint density at radius 2 is 1.85 bits per heavy atom. The van der Waals surface area contributed by atoms with Crippen molar-refractivity contribution in [3.05, 3.63) is 70.0 Å². The van der Waals surface area contributed by atoms with Crippen LogP contribution >= 0.6 is 11.6 Å². The highest BCUT2D eigenvalue weighted by atomic mass is 35.5. The van der Waals surface area contributed by atoms with Gasteiger partial charge < -0.3 is 5.32 Å². The molecule has 2 aromatic rings. The molecule has 0 aliphatic heterocycles. The minimum Gasteiger partial charge on any atom is -0.313 e. The van der Waals surface area contributed by atoms with Gasteiger partial charge in [-0.2, -0.15) is 0 Å². The van der Waals surface area contributed by atoms with E-state index in [1.54, 1.807) is 25.2 Å². The molecular formula is C15H13ClF3N. The van der Waals surface area contributed by atoms with Gasteiger partial charge in [0, 0.05) is 16.6 Å². The van der Waals surface area contributed by atoms with E-state index >= 15 is 0 Å². The van der Waals surface area contributed by atoms with Crippen LogP contribution in [0.15, 0.2) is 36.4 Å². The highest BCUT2D eigenvalue weighted by molar-refractivity contribution is 6.30. The van der Waals surface area contributed by atoms with Crippen LogP contribution in [0.2, 0.25) is 5.02 Å². The molecule has 0 heterocycles. The molecule has 2 rings (SSSR count). The Morgan fingerprint density at radius 3 is 2.50 bits per heavy atom. The molecule has 1 nitrogen and oxygen atoms in total. The highest BCUT2D eigenvalue weighted by Gasteiger charge is 2.20. The van der Waals surface area contributed by atoms with Gasteiger partial charge in [-0.05, 0) is 37.2 Å². The fourth-order valence-corrected chi connectivity index (χ4v) is 2.29. The first-order valence-electron chi connectivity index (χ1n) is 6.08. The van der Waals surface area contributed by atoms with Gasteiger partial charge in [0.05, 0.1) is 0 Å². The topological polar surface area (TPSA) is 12.0 Å². The SMILES string of the molecule is CNC(Cc1cccc(Cl)c1)c1ccc(F)c(F)c1F. The van der Waals surface area contributed by atoms with Crippen molar-refractivity contribution in [3.63, 3.8) is 0 Å². The molecule has 5 heteroatoms. The molecule has 0 saturated heterocycles. The Morgan fingerprint density at radius 1 is 1.10 bits per heavy atom. The molecule has 0 radical (unpaired) electrons. The van der Waals surface area contributed by atoms with E-state index in [1.165, 1.54) is 6.07 Å². The van der Waals surface area contributed by atoms with Crippen molar-refractivity contribution in [2.24, 2.45) is 0 Å². The number of hydrogen-bond acceptors (Lipinski definition) is 1. The minimum atomic E-state index is -1.45. The zero-order valence-corrected chi connectivity index (χ0v) is 11.5. The number of likely N-dealkylation sites (N-methyl/N-ethyl adjacent to an activating group) is 1. The van der Waals surface area contributed by atoms with Crippen molar-refractivity contribution >= 4 is 11.6 Å². The Hall–Kier alpha value is -1.52. The van der Waals surface area contributed by atoms with E-state index in [0.717, 1.165) is 11.6 Å². The molecule has 20 heavy (non-hydrogen) atoms. The molecule has 0 aliphatic rings. The van der Waals surface area contributed by atoms with Crippen molar-refractivity contribution < 1.29 is 13.2 Å². The summed E-state index contributed by atoms with van der Waals surface area (Å²) in [5, 5.41) is 3.47. The largest absolute Gasteiger partial charge is 0.313 e. The minimum absolute atomic E-state index is 0.0892. The third kappa shape index (κ3) is 3.14. The van der Waals surface area contributed by atoms with Gasteiger partial charge in [0.25, 0.3) is 0 Å². The van der Waals surface area contributed by atoms with Crippen molar-refractivity contribution in [1.29, 1.82) is 0 Å². The Bertz CT molecular complexity index is 616. The van der Waals surface area contributed by atoms with Gasteiger partial charge in [0.15, 0.2) is 17.5 Å². The summed E-state index contributed by atoms with van der Waals surface area (Å²) in [5.41, 5.74) is 0.965. The summed E-state index contributed by atoms with van der Waals surface area (Å²) in [5.74, 6) is -3.80. The maximum absolute atomic E-state index is 13.8. The van der Waals surface area contributed by atoms with E-state index in [1.807, 2.05) is 6.07 Å². The second-order valence-corrected chi connectivity index (χ2v) is 4.88. The Kier molecular flexibility index (Phi) is 4.68. The number of hydrogen-bond donors (Lipinski definition) is 1. The number of rotatable bonds is 4. The maximum atomic E-state index is 13.8. The lowest BCUT2D eigenvalue weighted by Crippen LogP contribution is -2.21. The summed E-state index contributed by atoms with van der Waals surface area (Å²) < 4.78 is 40.0. The van der Waals surface area contributed by atoms with Crippen LogP contribution < -0.4 is 5.32 Å². The van der Waals surface area contributed by atoms with Crippen LogP contribution in [0.1, 0.15) is 17.2 Å². The zero-order chi connectivity index (χ0) is 14.7. The molecular weight excluding hydrogens is 287 g/mol. The molecule has 0 bridgehead atoms. The van der Waals surface area contributed by atoms with E-state index in [2.05, 4.69) is 5.32 Å². The Labute approximate surface area is 120 Å². The number of benzene rings is 2. The summed E-state index contributed by atoms with van der Waals surface area (Å²) in [6.07, 6.45) is 0.416. The molecule has 0 aliphatic carbocycles.